The second-order valence-corrected chi connectivity index (χ2v) is 5.10. The molecule has 3 aliphatic carbocycles. The number of anilines is 1. The summed E-state index contributed by atoms with van der Waals surface area (Å²) in [5.41, 5.74) is 1.05. The summed E-state index contributed by atoms with van der Waals surface area (Å²) in [5.74, 6) is 1.81. The molecule has 2 aromatic rings. The van der Waals surface area contributed by atoms with E-state index in [0.29, 0.717) is 0 Å². The highest BCUT2D eigenvalue weighted by Crippen LogP contribution is 2.58. The molecule has 2 aromatic heterocycles. The second-order valence-electron chi connectivity index (χ2n) is 5.10. The van der Waals surface area contributed by atoms with Crippen molar-refractivity contribution in [3.8, 4) is 5.88 Å². The maximum absolute atomic E-state index is 9.72. The summed E-state index contributed by atoms with van der Waals surface area (Å²) >= 11 is 0. The summed E-state index contributed by atoms with van der Waals surface area (Å²) in [6, 6.07) is 5.72. The van der Waals surface area contributed by atoms with Crippen LogP contribution in [0.5, 0.6) is 5.88 Å². The third-order valence-electron chi connectivity index (χ3n) is 3.94. The zero-order chi connectivity index (χ0) is 10.8. The molecular weight excluding hydrogens is 202 g/mol. The highest BCUT2D eigenvalue weighted by Gasteiger charge is 2.57. The van der Waals surface area contributed by atoms with Gasteiger partial charge in [0.2, 0.25) is 11.8 Å². The third kappa shape index (κ3) is 0.919. The van der Waals surface area contributed by atoms with Crippen molar-refractivity contribution < 1.29 is 5.11 Å². The quantitative estimate of drug-likeness (QED) is 0.805. The molecule has 2 bridgehead atoms. The van der Waals surface area contributed by atoms with Crippen LogP contribution >= 0.6 is 0 Å². The number of hydrogen-bond donors (Lipinski definition) is 2. The lowest BCUT2D eigenvalue weighted by molar-refractivity contribution is 0.00141. The average molecular weight is 215 g/mol. The molecule has 0 spiro atoms. The number of imidazole rings is 1. The Morgan fingerprint density at radius 2 is 2.19 bits per heavy atom. The zero-order valence-electron chi connectivity index (χ0n) is 8.85. The molecule has 0 aromatic carbocycles. The fourth-order valence-electron chi connectivity index (χ4n) is 2.98. The monoisotopic (exact) mass is 215 g/mol. The van der Waals surface area contributed by atoms with Gasteiger partial charge >= 0.3 is 0 Å². The maximum atomic E-state index is 9.72. The molecule has 3 fully saturated rings. The first-order valence-electron chi connectivity index (χ1n) is 5.70. The largest absolute Gasteiger partial charge is 0.492 e. The Morgan fingerprint density at radius 1 is 1.38 bits per heavy atom. The number of rotatable bonds is 2. The summed E-state index contributed by atoms with van der Waals surface area (Å²) < 4.78 is 1.91. The molecule has 4 heteroatoms. The van der Waals surface area contributed by atoms with Crippen molar-refractivity contribution in [2.24, 2.45) is 5.92 Å². The molecule has 0 unspecified atom stereocenters. The van der Waals surface area contributed by atoms with E-state index in [2.05, 4.69) is 10.3 Å². The molecule has 16 heavy (non-hydrogen) atoms. The van der Waals surface area contributed by atoms with Gasteiger partial charge < -0.3 is 10.4 Å². The minimum atomic E-state index is 0.106. The topological polar surface area (TPSA) is 49.6 Å². The number of pyridine rings is 1. The van der Waals surface area contributed by atoms with E-state index in [9.17, 15) is 5.11 Å². The van der Waals surface area contributed by atoms with Gasteiger partial charge in [0.15, 0.2) is 0 Å². The fourth-order valence-corrected chi connectivity index (χ4v) is 2.98. The Bertz CT molecular complexity index is 558. The first kappa shape index (κ1) is 8.44. The van der Waals surface area contributed by atoms with Gasteiger partial charge in [0.25, 0.3) is 0 Å². The molecule has 82 valence electrons. The van der Waals surface area contributed by atoms with Crippen LogP contribution in [-0.4, -0.2) is 20.0 Å². The Labute approximate surface area is 92.9 Å². The van der Waals surface area contributed by atoms with E-state index in [0.717, 1.165) is 17.4 Å². The number of fused-ring (bicyclic) bond motifs is 1. The van der Waals surface area contributed by atoms with Crippen LogP contribution in [0.1, 0.15) is 19.3 Å². The third-order valence-corrected chi connectivity index (χ3v) is 3.94. The average Bonchev–Trinajstić information content (AvgIpc) is 2.49. The summed E-state index contributed by atoms with van der Waals surface area (Å²) in [6.45, 7) is 0. The number of hydrogen-bond acceptors (Lipinski definition) is 3. The Morgan fingerprint density at radius 3 is 2.88 bits per heavy atom. The SMILES string of the molecule is Oc1nc(NC23CC(C2)C3)n2ccccc12. The van der Waals surface area contributed by atoms with Crippen molar-refractivity contribution in [1.82, 2.24) is 9.38 Å². The smallest absolute Gasteiger partial charge is 0.239 e. The van der Waals surface area contributed by atoms with Gasteiger partial charge in [-0.3, -0.25) is 4.40 Å². The lowest BCUT2D eigenvalue weighted by Crippen LogP contribution is -2.63. The summed E-state index contributed by atoms with van der Waals surface area (Å²) in [4.78, 5) is 4.19. The molecule has 0 radical (unpaired) electrons. The van der Waals surface area contributed by atoms with Crippen LogP contribution in [0.3, 0.4) is 0 Å². The number of aromatic hydroxyl groups is 1. The highest BCUT2D eigenvalue weighted by atomic mass is 16.3. The van der Waals surface area contributed by atoms with Crippen molar-refractivity contribution in [2.75, 3.05) is 5.32 Å². The van der Waals surface area contributed by atoms with Crippen LogP contribution < -0.4 is 5.32 Å². The van der Waals surface area contributed by atoms with E-state index in [1.54, 1.807) is 0 Å². The van der Waals surface area contributed by atoms with Crippen LogP contribution in [0.25, 0.3) is 5.52 Å². The van der Waals surface area contributed by atoms with Gasteiger partial charge in [-0.2, -0.15) is 4.98 Å². The van der Waals surface area contributed by atoms with Crippen LogP contribution in [0.15, 0.2) is 24.4 Å². The predicted octanol–water partition coefficient (Wildman–Crippen LogP) is 2.00. The fraction of sp³-hybridized carbons (Fsp3) is 0.417. The summed E-state index contributed by atoms with van der Waals surface area (Å²) in [7, 11) is 0. The Kier molecular flexibility index (Phi) is 1.32. The molecule has 0 amide bonds. The molecule has 0 aliphatic heterocycles. The van der Waals surface area contributed by atoms with E-state index in [4.69, 9.17) is 0 Å². The van der Waals surface area contributed by atoms with E-state index in [-0.39, 0.29) is 11.4 Å². The van der Waals surface area contributed by atoms with Crippen molar-refractivity contribution in [3.63, 3.8) is 0 Å². The highest BCUT2D eigenvalue weighted by molar-refractivity contribution is 5.62. The Balaban J connectivity index is 1.79. The van der Waals surface area contributed by atoms with Crippen LogP contribution in [0.4, 0.5) is 5.95 Å². The van der Waals surface area contributed by atoms with E-state index in [1.165, 1.54) is 19.3 Å². The van der Waals surface area contributed by atoms with Crippen LogP contribution in [0.2, 0.25) is 0 Å². The van der Waals surface area contributed by atoms with Crippen LogP contribution in [0, 0.1) is 5.92 Å². The van der Waals surface area contributed by atoms with E-state index in [1.807, 2.05) is 28.8 Å². The molecule has 3 aliphatic rings. The van der Waals surface area contributed by atoms with Crippen molar-refractivity contribution in [1.29, 1.82) is 0 Å². The van der Waals surface area contributed by atoms with E-state index < -0.39 is 0 Å². The lowest BCUT2D eigenvalue weighted by atomic mass is 9.50. The summed E-state index contributed by atoms with van der Waals surface area (Å²) in [6.07, 6.45) is 5.70. The van der Waals surface area contributed by atoms with Gasteiger partial charge in [-0.25, -0.2) is 0 Å². The van der Waals surface area contributed by atoms with Crippen molar-refractivity contribution in [3.05, 3.63) is 24.4 Å². The molecule has 2 heterocycles. The minimum Gasteiger partial charge on any atom is -0.492 e. The van der Waals surface area contributed by atoms with Gasteiger partial charge in [0, 0.05) is 11.7 Å². The van der Waals surface area contributed by atoms with Gasteiger partial charge in [-0.15, -0.1) is 0 Å². The molecular formula is C12H13N3O. The molecule has 0 atom stereocenters. The van der Waals surface area contributed by atoms with Crippen molar-refractivity contribution in [2.45, 2.75) is 24.8 Å². The van der Waals surface area contributed by atoms with Gasteiger partial charge in [0.05, 0.1) is 0 Å². The maximum Gasteiger partial charge on any atom is 0.239 e. The number of nitrogens with zero attached hydrogens (tertiary/aromatic N) is 2. The standard InChI is InChI=1S/C12H13N3O/c16-10-9-3-1-2-4-15(9)11(13-10)14-12-5-8(6-12)7-12/h1-4,8,16H,5-7H2,(H,13,14). The number of nitrogens with one attached hydrogen (secondary N) is 1. The molecule has 3 saturated carbocycles. The normalized spacial score (nSPS) is 30.9. The Hall–Kier alpha value is -1.71. The molecule has 2 N–H and O–H groups in total. The van der Waals surface area contributed by atoms with Gasteiger partial charge in [-0.1, -0.05) is 6.07 Å². The summed E-state index contributed by atoms with van der Waals surface area (Å²) in [5, 5.41) is 13.2. The zero-order valence-corrected chi connectivity index (χ0v) is 8.85. The van der Waals surface area contributed by atoms with E-state index >= 15 is 0 Å². The van der Waals surface area contributed by atoms with Crippen LogP contribution in [-0.2, 0) is 0 Å². The predicted molar refractivity (Wildman–Crippen MR) is 60.6 cm³/mol. The number of aromatic nitrogens is 2. The van der Waals surface area contributed by atoms with Crippen molar-refractivity contribution >= 4 is 11.5 Å². The minimum absolute atomic E-state index is 0.106. The van der Waals surface area contributed by atoms with Gasteiger partial charge in [-0.05, 0) is 37.3 Å². The molecule has 5 rings (SSSR count). The molecule has 0 saturated heterocycles. The first-order chi connectivity index (χ1) is 7.76. The lowest BCUT2D eigenvalue weighted by Gasteiger charge is -2.61. The van der Waals surface area contributed by atoms with Gasteiger partial charge in [0.1, 0.15) is 5.52 Å². The molecule has 4 nitrogen and oxygen atoms in total. The first-order valence-corrected chi connectivity index (χ1v) is 5.70. The second kappa shape index (κ2) is 2.51.